The third-order valence-corrected chi connectivity index (χ3v) is 2.49. The molecule has 0 heterocycles. The predicted octanol–water partition coefficient (Wildman–Crippen LogP) is -3.76. The highest BCUT2D eigenvalue weighted by molar-refractivity contribution is 6.32. The molecule has 13 nitrogen and oxygen atoms in total. The van der Waals surface area contributed by atoms with E-state index in [9.17, 15) is 19.2 Å². The van der Waals surface area contributed by atoms with Crippen LogP contribution >= 0.6 is 0 Å². The molecule has 0 aliphatic carbocycles. The molecule has 0 aromatic carbocycles. The first-order valence-electron chi connectivity index (χ1n) is 6.36. The van der Waals surface area contributed by atoms with Gasteiger partial charge < -0.3 is 35.1 Å². The van der Waals surface area contributed by atoms with Crippen molar-refractivity contribution in [3.8, 4) is 0 Å². The van der Waals surface area contributed by atoms with E-state index in [1.165, 1.54) is 0 Å². The van der Waals surface area contributed by atoms with Crippen LogP contribution in [0.25, 0.3) is 0 Å². The smallest absolute Gasteiger partial charge is 0.480 e. The fourth-order valence-corrected chi connectivity index (χ4v) is 1.78. The fraction of sp³-hybridized carbons (Fsp3) is 0.600. The molecule has 0 fully saturated rings. The summed E-state index contributed by atoms with van der Waals surface area (Å²) in [5.74, 6) is -5.72. The zero-order valence-electron chi connectivity index (χ0n) is 12.3. The Morgan fingerprint density at radius 2 is 1.17 bits per heavy atom. The fourth-order valence-electron chi connectivity index (χ4n) is 1.78. The maximum Gasteiger partial charge on any atom is 0.635 e. The minimum Gasteiger partial charge on any atom is -0.480 e. The Hall–Kier alpha value is -2.26. The van der Waals surface area contributed by atoms with Crippen LogP contribution in [0.4, 0.5) is 0 Å². The molecular weight excluding hydrogens is 335 g/mol. The van der Waals surface area contributed by atoms with Crippen molar-refractivity contribution >= 4 is 31.2 Å². The topological polar surface area (TPSA) is 205 Å². The molecule has 0 spiro atoms. The summed E-state index contributed by atoms with van der Waals surface area (Å²) >= 11 is 0. The molecule has 0 unspecified atom stereocenters. The summed E-state index contributed by atoms with van der Waals surface area (Å²) in [6.07, 6.45) is -1.60. The second-order valence-electron chi connectivity index (χ2n) is 4.57. The van der Waals surface area contributed by atoms with Gasteiger partial charge in [-0.3, -0.25) is 29.0 Å². The number of hydrogen-bond donors (Lipinski definition) is 6. The molecule has 0 bridgehead atoms. The number of aliphatic carboxylic acids is 4. The number of rotatable bonds is 13. The highest BCUT2D eigenvalue weighted by Gasteiger charge is 2.30. The summed E-state index contributed by atoms with van der Waals surface area (Å²) in [5, 5.41) is 52.8. The van der Waals surface area contributed by atoms with Crippen LogP contribution in [0.2, 0.25) is 0 Å². The summed E-state index contributed by atoms with van der Waals surface area (Å²) in [5.41, 5.74) is 0. The van der Waals surface area contributed by atoms with Gasteiger partial charge in [0.1, 0.15) is 6.23 Å². The van der Waals surface area contributed by atoms with Crippen molar-refractivity contribution in [3.05, 3.63) is 0 Å². The van der Waals surface area contributed by atoms with E-state index in [0.717, 1.165) is 4.90 Å². The lowest BCUT2D eigenvalue weighted by molar-refractivity contribution is -0.151. The van der Waals surface area contributed by atoms with Crippen LogP contribution < -0.4 is 0 Å². The maximum atomic E-state index is 10.8. The summed E-state index contributed by atoms with van der Waals surface area (Å²) in [6, 6.07) is 0. The lowest BCUT2D eigenvalue weighted by Gasteiger charge is -2.32. The molecule has 0 saturated carbocycles. The van der Waals surface area contributed by atoms with E-state index in [1.54, 1.807) is 0 Å². The van der Waals surface area contributed by atoms with Crippen molar-refractivity contribution in [1.29, 1.82) is 0 Å². The lowest BCUT2D eigenvalue weighted by Crippen LogP contribution is -2.52. The molecule has 0 aromatic rings. The van der Waals surface area contributed by atoms with Crippen molar-refractivity contribution < 1.29 is 54.3 Å². The molecule has 6 N–H and O–H groups in total. The number of nitrogens with zero attached hydrogens (tertiary/aromatic N) is 2. The second-order valence-corrected chi connectivity index (χ2v) is 4.57. The third-order valence-electron chi connectivity index (χ3n) is 2.49. The third kappa shape index (κ3) is 10.5. The lowest BCUT2D eigenvalue weighted by atomic mass is 10.2. The molecule has 0 aromatic heterocycles. The van der Waals surface area contributed by atoms with Gasteiger partial charge >= 0.3 is 31.2 Å². The van der Waals surface area contributed by atoms with Crippen molar-refractivity contribution in [2.75, 3.05) is 32.7 Å². The van der Waals surface area contributed by atoms with Gasteiger partial charge in [-0.25, -0.2) is 0 Å². The quantitative estimate of drug-likeness (QED) is 0.139. The minimum absolute atomic E-state index is 0.600. The van der Waals surface area contributed by atoms with Crippen LogP contribution in [-0.2, 0) is 23.8 Å². The van der Waals surface area contributed by atoms with E-state index < -0.39 is 70.2 Å². The van der Waals surface area contributed by atoms with Crippen molar-refractivity contribution in [2.45, 2.75) is 6.23 Å². The molecule has 24 heavy (non-hydrogen) atoms. The first kappa shape index (κ1) is 21.7. The molecule has 0 amide bonds. The first-order valence-corrected chi connectivity index (χ1v) is 6.36. The van der Waals surface area contributed by atoms with Gasteiger partial charge in [-0.1, -0.05) is 0 Å². The Bertz CT molecular complexity index is 440. The summed E-state index contributed by atoms with van der Waals surface area (Å²) in [4.78, 5) is 44.6. The molecule has 0 aliphatic rings. The van der Waals surface area contributed by atoms with Crippen molar-refractivity contribution in [2.24, 2.45) is 0 Å². The zero-order chi connectivity index (χ0) is 18.9. The van der Waals surface area contributed by atoms with Gasteiger partial charge in [0, 0.05) is 6.54 Å². The predicted molar refractivity (Wildman–Crippen MR) is 73.6 cm³/mol. The first-order chi connectivity index (χ1) is 11.0. The molecule has 1 atom stereocenters. The summed E-state index contributed by atoms with van der Waals surface area (Å²) < 4.78 is 4.59. The van der Waals surface area contributed by atoms with Crippen LogP contribution in [0, 0.1) is 0 Å². The summed E-state index contributed by atoms with van der Waals surface area (Å²) in [7, 11) is -2.42. The number of hydrogen-bond acceptors (Lipinski definition) is 9. The zero-order valence-corrected chi connectivity index (χ0v) is 12.3. The molecule has 0 rings (SSSR count). The average Bonchev–Trinajstić information content (AvgIpc) is 2.33. The number of carboxylic acid groups (broad SMARTS) is 4. The van der Waals surface area contributed by atoms with E-state index in [1.807, 2.05) is 0 Å². The minimum atomic E-state index is -2.42. The number of carbonyl (C=O) groups is 4. The normalized spacial score (nSPS) is 12.2. The van der Waals surface area contributed by atoms with Gasteiger partial charge in [-0.15, -0.1) is 0 Å². The van der Waals surface area contributed by atoms with E-state index in [4.69, 9.17) is 30.5 Å². The van der Waals surface area contributed by atoms with Crippen LogP contribution in [0.3, 0.4) is 0 Å². The Morgan fingerprint density at radius 1 is 0.792 bits per heavy atom. The highest BCUT2D eigenvalue weighted by Crippen LogP contribution is 2.06. The standard InChI is InChI=1S/C10H17BN2O11/c14-7(15)2-12(3-8(16)17)1-6(24-11(22)23)13(4-9(18)19)5-10(20)21/h6,22-23H,1-5H2,(H,14,15)(H,16,17)(H,18,19)(H,20,21)/t6-/m0/s1. The molecule has 0 radical (unpaired) electrons. The monoisotopic (exact) mass is 352 g/mol. The van der Waals surface area contributed by atoms with Gasteiger partial charge in [-0.05, 0) is 0 Å². The Morgan fingerprint density at radius 3 is 1.46 bits per heavy atom. The van der Waals surface area contributed by atoms with Gasteiger partial charge in [0.15, 0.2) is 0 Å². The summed E-state index contributed by atoms with van der Waals surface area (Å²) in [6.45, 7) is -3.91. The van der Waals surface area contributed by atoms with Crippen molar-refractivity contribution in [1.82, 2.24) is 9.80 Å². The molecule has 0 aliphatic heterocycles. The molecule has 136 valence electrons. The molecule has 0 saturated heterocycles. The number of carboxylic acids is 4. The van der Waals surface area contributed by atoms with Crippen LogP contribution in [-0.4, -0.2) is 110 Å². The van der Waals surface area contributed by atoms with Crippen LogP contribution in [0.1, 0.15) is 0 Å². The van der Waals surface area contributed by atoms with Gasteiger partial charge in [0.2, 0.25) is 0 Å². The maximum absolute atomic E-state index is 10.8. The Labute approximate surface area is 135 Å². The van der Waals surface area contributed by atoms with Crippen LogP contribution in [0.5, 0.6) is 0 Å². The van der Waals surface area contributed by atoms with Crippen LogP contribution in [0.15, 0.2) is 0 Å². The Balaban J connectivity index is 5.33. The SMILES string of the molecule is O=C(O)CN(CC(=O)O)C[C@H](OB(O)O)N(CC(=O)O)CC(=O)O. The molecule has 14 heteroatoms. The highest BCUT2D eigenvalue weighted by atomic mass is 16.6. The van der Waals surface area contributed by atoms with E-state index >= 15 is 0 Å². The van der Waals surface area contributed by atoms with E-state index in [-0.39, 0.29) is 0 Å². The van der Waals surface area contributed by atoms with Gasteiger partial charge in [0.05, 0.1) is 26.2 Å². The van der Waals surface area contributed by atoms with Gasteiger partial charge in [0.25, 0.3) is 0 Å². The van der Waals surface area contributed by atoms with Gasteiger partial charge in [-0.2, -0.15) is 0 Å². The van der Waals surface area contributed by atoms with Crippen molar-refractivity contribution in [3.63, 3.8) is 0 Å². The van der Waals surface area contributed by atoms with E-state index in [2.05, 4.69) is 4.65 Å². The second kappa shape index (κ2) is 10.5. The largest absolute Gasteiger partial charge is 0.635 e. The molecular formula is C10H17BN2O11. The average molecular weight is 352 g/mol. The van der Waals surface area contributed by atoms with E-state index in [0.29, 0.717) is 4.90 Å². The Kier molecular flexibility index (Phi) is 9.52.